The molecule has 0 unspecified atom stereocenters. The van der Waals surface area contributed by atoms with Crippen LogP contribution in [0.2, 0.25) is 0 Å². The molecule has 0 aliphatic carbocycles. The van der Waals surface area contributed by atoms with E-state index in [-0.39, 0.29) is 18.2 Å². The Morgan fingerprint density at radius 2 is 1.87 bits per heavy atom. The van der Waals surface area contributed by atoms with Crippen LogP contribution in [0.15, 0.2) is 24.3 Å². The highest BCUT2D eigenvalue weighted by Crippen LogP contribution is 2.21. The van der Waals surface area contributed by atoms with Crippen molar-refractivity contribution in [3.05, 3.63) is 24.3 Å². The van der Waals surface area contributed by atoms with E-state index in [1.807, 2.05) is 0 Å². The van der Waals surface area contributed by atoms with Gasteiger partial charge in [-0.05, 0) is 37.6 Å². The van der Waals surface area contributed by atoms with Crippen LogP contribution in [0.5, 0.6) is 5.75 Å². The van der Waals surface area contributed by atoms with Gasteiger partial charge in [0.2, 0.25) is 15.9 Å². The van der Waals surface area contributed by atoms with Gasteiger partial charge in [-0.2, -0.15) is 0 Å². The first kappa shape index (κ1) is 19.2. The molecule has 0 saturated heterocycles. The molecule has 1 N–H and O–H groups in total. The molecule has 130 valence electrons. The molecular formula is C15H24N2O5S. The van der Waals surface area contributed by atoms with Crippen LogP contribution in [0, 0.1) is 0 Å². The Labute approximate surface area is 137 Å². The molecule has 1 amide bonds. The fraction of sp³-hybridized carbons (Fsp3) is 0.533. The molecule has 1 aromatic rings. The van der Waals surface area contributed by atoms with Crippen molar-refractivity contribution in [1.29, 1.82) is 0 Å². The van der Waals surface area contributed by atoms with Crippen LogP contribution in [-0.4, -0.2) is 54.0 Å². The summed E-state index contributed by atoms with van der Waals surface area (Å²) < 4.78 is 35.6. The zero-order valence-corrected chi connectivity index (χ0v) is 14.6. The summed E-state index contributed by atoms with van der Waals surface area (Å²) in [4.78, 5) is 12.0. The molecule has 0 radical (unpaired) electrons. The van der Waals surface area contributed by atoms with Crippen molar-refractivity contribution in [2.45, 2.75) is 13.3 Å². The van der Waals surface area contributed by atoms with Gasteiger partial charge in [0.1, 0.15) is 12.3 Å². The normalized spacial score (nSPS) is 11.1. The van der Waals surface area contributed by atoms with Crippen LogP contribution in [-0.2, 0) is 19.6 Å². The topological polar surface area (TPSA) is 84.9 Å². The number of nitrogens with zero attached hydrogens (tertiary/aromatic N) is 1. The first-order valence-corrected chi connectivity index (χ1v) is 8.95. The maximum atomic E-state index is 12.3. The number of anilines is 1. The molecule has 0 bridgehead atoms. The quantitative estimate of drug-likeness (QED) is 0.640. The molecule has 8 heteroatoms. The second-order valence-corrected chi connectivity index (χ2v) is 6.98. The van der Waals surface area contributed by atoms with E-state index in [4.69, 9.17) is 9.47 Å². The van der Waals surface area contributed by atoms with Gasteiger partial charge in [0.25, 0.3) is 0 Å². The number of methoxy groups -OCH3 is 2. The molecule has 0 aliphatic heterocycles. The Morgan fingerprint density at radius 1 is 1.22 bits per heavy atom. The van der Waals surface area contributed by atoms with E-state index < -0.39 is 10.0 Å². The smallest absolute Gasteiger partial charge is 0.240 e. The van der Waals surface area contributed by atoms with Crippen molar-refractivity contribution in [2.24, 2.45) is 0 Å². The second-order valence-electron chi connectivity index (χ2n) is 4.80. The third-order valence-electron chi connectivity index (χ3n) is 3.20. The van der Waals surface area contributed by atoms with Crippen LogP contribution in [0.1, 0.15) is 13.3 Å². The van der Waals surface area contributed by atoms with Gasteiger partial charge in [-0.1, -0.05) is 0 Å². The van der Waals surface area contributed by atoms with Crippen molar-refractivity contribution in [1.82, 2.24) is 5.32 Å². The minimum absolute atomic E-state index is 0.0873. The van der Waals surface area contributed by atoms with Crippen LogP contribution >= 0.6 is 0 Å². The minimum atomic E-state index is -3.56. The minimum Gasteiger partial charge on any atom is -0.497 e. The molecule has 0 fully saturated rings. The molecule has 1 rings (SSSR count). The maximum absolute atomic E-state index is 12.3. The molecule has 0 atom stereocenters. The lowest BCUT2D eigenvalue weighted by atomic mass is 10.3. The standard InChI is InChI=1S/C15H24N2O5S/c1-4-23(19,20)17(12-15(18)16-10-5-11-21-2)13-6-8-14(22-3)9-7-13/h6-9H,4-5,10-12H2,1-3H3,(H,16,18). The van der Waals surface area contributed by atoms with Crippen molar-refractivity contribution >= 4 is 21.6 Å². The van der Waals surface area contributed by atoms with Crippen LogP contribution < -0.4 is 14.4 Å². The number of benzene rings is 1. The Balaban J connectivity index is 2.83. The Kier molecular flexibility index (Phi) is 7.84. The second kappa shape index (κ2) is 9.36. The monoisotopic (exact) mass is 344 g/mol. The summed E-state index contributed by atoms with van der Waals surface area (Å²) in [5.74, 6) is 0.177. The van der Waals surface area contributed by atoms with Gasteiger partial charge in [-0.3, -0.25) is 9.10 Å². The van der Waals surface area contributed by atoms with E-state index in [1.54, 1.807) is 38.3 Å². The molecule has 0 heterocycles. The highest BCUT2D eigenvalue weighted by Gasteiger charge is 2.23. The van der Waals surface area contributed by atoms with Gasteiger partial charge >= 0.3 is 0 Å². The van der Waals surface area contributed by atoms with Gasteiger partial charge in [-0.25, -0.2) is 8.42 Å². The van der Waals surface area contributed by atoms with E-state index in [1.165, 1.54) is 7.11 Å². The Bertz CT molecular complexity index is 586. The van der Waals surface area contributed by atoms with Crippen molar-refractivity contribution in [3.8, 4) is 5.75 Å². The Hall–Kier alpha value is -1.80. The van der Waals surface area contributed by atoms with Gasteiger partial charge in [0.05, 0.1) is 18.6 Å². The number of amides is 1. The van der Waals surface area contributed by atoms with Crippen LogP contribution in [0.3, 0.4) is 0 Å². The fourth-order valence-electron chi connectivity index (χ4n) is 1.89. The van der Waals surface area contributed by atoms with Gasteiger partial charge in [0, 0.05) is 20.3 Å². The number of hydrogen-bond donors (Lipinski definition) is 1. The largest absolute Gasteiger partial charge is 0.497 e. The zero-order chi connectivity index (χ0) is 17.3. The zero-order valence-electron chi connectivity index (χ0n) is 13.7. The average Bonchev–Trinajstić information content (AvgIpc) is 2.56. The Morgan fingerprint density at radius 3 is 2.39 bits per heavy atom. The molecule has 0 saturated carbocycles. The number of carbonyl (C=O) groups excluding carboxylic acids is 1. The molecule has 0 spiro atoms. The van der Waals surface area contributed by atoms with E-state index in [0.29, 0.717) is 31.0 Å². The molecule has 1 aromatic carbocycles. The first-order valence-electron chi connectivity index (χ1n) is 7.34. The summed E-state index contributed by atoms with van der Waals surface area (Å²) in [5.41, 5.74) is 0.430. The van der Waals surface area contributed by atoms with E-state index >= 15 is 0 Å². The number of nitrogens with one attached hydrogen (secondary N) is 1. The molecule has 7 nitrogen and oxygen atoms in total. The van der Waals surface area contributed by atoms with E-state index in [2.05, 4.69) is 5.32 Å². The first-order chi connectivity index (χ1) is 10.9. The highest BCUT2D eigenvalue weighted by atomic mass is 32.2. The lowest BCUT2D eigenvalue weighted by molar-refractivity contribution is -0.119. The molecule has 23 heavy (non-hydrogen) atoms. The predicted octanol–water partition coefficient (Wildman–Crippen LogP) is 1.00. The van der Waals surface area contributed by atoms with Gasteiger partial charge in [-0.15, -0.1) is 0 Å². The summed E-state index contributed by atoms with van der Waals surface area (Å²) in [6.07, 6.45) is 0.672. The van der Waals surface area contributed by atoms with Crippen LogP contribution in [0.25, 0.3) is 0 Å². The summed E-state index contributed by atoms with van der Waals surface area (Å²) in [5, 5.41) is 2.69. The average molecular weight is 344 g/mol. The van der Waals surface area contributed by atoms with Crippen molar-refractivity contribution in [2.75, 3.05) is 44.0 Å². The lowest BCUT2D eigenvalue weighted by Crippen LogP contribution is -2.41. The van der Waals surface area contributed by atoms with Crippen molar-refractivity contribution in [3.63, 3.8) is 0 Å². The van der Waals surface area contributed by atoms with Gasteiger partial charge < -0.3 is 14.8 Å². The van der Waals surface area contributed by atoms with Crippen LogP contribution in [0.4, 0.5) is 5.69 Å². The number of rotatable bonds is 10. The fourth-order valence-corrected chi connectivity index (χ4v) is 2.95. The third-order valence-corrected chi connectivity index (χ3v) is 4.94. The molecule has 0 aliphatic rings. The van der Waals surface area contributed by atoms with Gasteiger partial charge in [0.15, 0.2) is 0 Å². The predicted molar refractivity (Wildman–Crippen MR) is 89.3 cm³/mol. The molecule has 0 aromatic heterocycles. The summed E-state index contributed by atoms with van der Waals surface area (Å²) >= 11 is 0. The number of hydrogen-bond acceptors (Lipinski definition) is 5. The van der Waals surface area contributed by atoms with E-state index in [9.17, 15) is 13.2 Å². The number of sulfonamides is 1. The third kappa shape index (κ3) is 6.07. The SMILES string of the molecule is CCS(=O)(=O)N(CC(=O)NCCCOC)c1ccc(OC)cc1. The number of ether oxygens (including phenoxy) is 2. The molecular weight excluding hydrogens is 320 g/mol. The summed E-state index contributed by atoms with van der Waals surface area (Å²) in [6, 6.07) is 6.54. The lowest BCUT2D eigenvalue weighted by Gasteiger charge is -2.23. The highest BCUT2D eigenvalue weighted by molar-refractivity contribution is 7.92. The maximum Gasteiger partial charge on any atom is 0.240 e. The van der Waals surface area contributed by atoms with Crippen molar-refractivity contribution < 1.29 is 22.7 Å². The number of carbonyl (C=O) groups is 1. The summed E-state index contributed by atoms with van der Waals surface area (Å²) in [6.45, 7) is 2.27. The van der Waals surface area contributed by atoms with E-state index in [0.717, 1.165) is 4.31 Å². The summed E-state index contributed by atoms with van der Waals surface area (Å²) in [7, 11) is -0.441.